The smallest absolute Gasteiger partial charge is 0.275 e. The summed E-state index contributed by atoms with van der Waals surface area (Å²) < 4.78 is 10.8. The molecule has 21 heavy (non-hydrogen) atoms. The van der Waals surface area contributed by atoms with Gasteiger partial charge in [0.1, 0.15) is 11.5 Å². The molecule has 0 atom stereocenters. The highest BCUT2D eigenvalue weighted by molar-refractivity contribution is 5.56. The molecule has 2 aromatic rings. The molecule has 0 saturated heterocycles. The molecule has 1 heterocycles. The molecule has 0 spiro atoms. The van der Waals surface area contributed by atoms with Gasteiger partial charge >= 0.3 is 0 Å². The molecule has 2 rings (SSSR count). The molecule has 0 unspecified atom stereocenters. The van der Waals surface area contributed by atoms with Gasteiger partial charge in [-0.05, 0) is 20.8 Å². The van der Waals surface area contributed by atoms with Gasteiger partial charge in [0.15, 0.2) is 0 Å². The summed E-state index contributed by atoms with van der Waals surface area (Å²) in [5.74, 6) is 1.75. The van der Waals surface area contributed by atoms with Crippen LogP contribution >= 0.6 is 0 Å². The zero-order chi connectivity index (χ0) is 15.4. The minimum Gasteiger partial charge on any atom is -0.494 e. The fraction of sp³-hybridized carbons (Fsp3) is 0.357. The van der Waals surface area contributed by atoms with Crippen LogP contribution in [0.4, 0.5) is 11.4 Å². The van der Waals surface area contributed by atoms with E-state index in [9.17, 15) is 10.1 Å². The maximum Gasteiger partial charge on any atom is 0.275 e. The highest BCUT2D eigenvalue weighted by Gasteiger charge is 2.11. The lowest BCUT2D eigenvalue weighted by Gasteiger charge is -2.08. The van der Waals surface area contributed by atoms with Crippen molar-refractivity contribution < 1.29 is 14.1 Å². The summed E-state index contributed by atoms with van der Waals surface area (Å²) in [5.41, 5.74) is 1.39. The molecule has 0 fully saturated rings. The summed E-state index contributed by atoms with van der Waals surface area (Å²) >= 11 is 0. The van der Waals surface area contributed by atoms with Crippen LogP contribution in [-0.2, 0) is 6.54 Å². The Hall–Kier alpha value is -2.57. The van der Waals surface area contributed by atoms with Crippen molar-refractivity contribution in [1.29, 1.82) is 0 Å². The third-order valence-corrected chi connectivity index (χ3v) is 2.93. The predicted octanol–water partition coefficient (Wildman–Crippen LogP) is 3.21. The van der Waals surface area contributed by atoms with E-state index in [-0.39, 0.29) is 5.69 Å². The Kier molecular flexibility index (Phi) is 4.42. The summed E-state index contributed by atoms with van der Waals surface area (Å²) in [4.78, 5) is 14.7. The van der Waals surface area contributed by atoms with Gasteiger partial charge in [-0.3, -0.25) is 10.1 Å². The number of nitrogens with one attached hydrogen (secondary N) is 1. The van der Waals surface area contributed by atoms with Gasteiger partial charge in [0.25, 0.3) is 5.69 Å². The zero-order valence-corrected chi connectivity index (χ0v) is 12.2. The maximum absolute atomic E-state index is 10.9. The van der Waals surface area contributed by atoms with Crippen LogP contribution < -0.4 is 10.1 Å². The van der Waals surface area contributed by atoms with Gasteiger partial charge in [0.05, 0.1) is 29.8 Å². The van der Waals surface area contributed by atoms with E-state index in [0.29, 0.717) is 30.5 Å². The number of aromatic nitrogens is 1. The molecule has 0 aliphatic heterocycles. The fourth-order valence-electron chi connectivity index (χ4n) is 1.83. The topological polar surface area (TPSA) is 90.4 Å². The van der Waals surface area contributed by atoms with Crippen molar-refractivity contribution in [3.8, 4) is 5.75 Å². The van der Waals surface area contributed by atoms with Crippen LogP contribution in [0.25, 0.3) is 0 Å². The first kappa shape index (κ1) is 14.8. The van der Waals surface area contributed by atoms with Crippen molar-refractivity contribution in [1.82, 2.24) is 4.98 Å². The molecule has 1 aromatic heterocycles. The molecule has 0 amide bonds. The molecular formula is C14H17N3O4. The van der Waals surface area contributed by atoms with Gasteiger partial charge < -0.3 is 14.5 Å². The number of anilines is 1. The van der Waals surface area contributed by atoms with E-state index >= 15 is 0 Å². The number of hydrogen-bond acceptors (Lipinski definition) is 6. The predicted molar refractivity (Wildman–Crippen MR) is 77.6 cm³/mol. The standard InChI is InChI=1S/C14H17N3O4/c1-4-20-13-6-11(5-12(7-13)17(18)19)15-8-14-16-9(2)10(3)21-14/h5-7,15H,4,8H2,1-3H3. The van der Waals surface area contributed by atoms with Gasteiger partial charge in [0, 0.05) is 17.8 Å². The highest BCUT2D eigenvalue weighted by Crippen LogP contribution is 2.26. The lowest BCUT2D eigenvalue weighted by molar-refractivity contribution is -0.384. The average Bonchev–Trinajstić information content (AvgIpc) is 2.76. The van der Waals surface area contributed by atoms with Gasteiger partial charge in [-0.1, -0.05) is 0 Å². The average molecular weight is 291 g/mol. The van der Waals surface area contributed by atoms with Crippen molar-refractivity contribution in [3.63, 3.8) is 0 Å². The third-order valence-electron chi connectivity index (χ3n) is 2.93. The van der Waals surface area contributed by atoms with E-state index in [1.165, 1.54) is 12.1 Å². The maximum atomic E-state index is 10.9. The second kappa shape index (κ2) is 6.25. The first-order chi connectivity index (χ1) is 9.99. The Balaban J connectivity index is 2.16. The quantitative estimate of drug-likeness (QED) is 0.649. The monoisotopic (exact) mass is 291 g/mol. The summed E-state index contributed by atoms with van der Waals surface area (Å²) in [6.45, 7) is 6.32. The number of nitro benzene ring substituents is 1. The number of rotatable bonds is 6. The molecule has 112 valence electrons. The third kappa shape index (κ3) is 3.71. The molecular weight excluding hydrogens is 274 g/mol. The Morgan fingerprint density at radius 2 is 2.14 bits per heavy atom. The van der Waals surface area contributed by atoms with Crippen LogP contribution in [0.15, 0.2) is 22.6 Å². The second-order valence-electron chi connectivity index (χ2n) is 4.51. The number of hydrogen-bond donors (Lipinski definition) is 1. The molecule has 0 aliphatic rings. The largest absolute Gasteiger partial charge is 0.494 e. The lowest BCUT2D eigenvalue weighted by atomic mass is 10.2. The summed E-state index contributed by atoms with van der Waals surface area (Å²) in [7, 11) is 0. The van der Waals surface area contributed by atoms with Gasteiger partial charge in [-0.15, -0.1) is 0 Å². The molecule has 1 aromatic carbocycles. The lowest BCUT2D eigenvalue weighted by Crippen LogP contribution is -2.02. The Morgan fingerprint density at radius 3 is 2.71 bits per heavy atom. The summed E-state index contributed by atoms with van der Waals surface area (Å²) in [6.07, 6.45) is 0. The molecule has 0 saturated carbocycles. The minimum absolute atomic E-state index is 0.0248. The van der Waals surface area contributed by atoms with Crippen molar-refractivity contribution in [3.05, 3.63) is 45.7 Å². The van der Waals surface area contributed by atoms with E-state index in [2.05, 4.69) is 10.3 Å². The van der Waals surface area contributed by atoms with E-state index < -0.39 is 4.92 Å². The summed E-state index contributed by atoms with van der Waals surface area (Å²) in [5, 5.41) is 14.0. The van der Waals surface area contributed by atoms with E-state index in [4.69, 9.17) is 9.15 Å². The van der Waals surface area contributed by atoms with Gasteiger partial charge in [-0.25, -0.2) is 4.98 Å². The van der Waals surface area contributed by atoms with E-state index in [1.54, 1.807) is 6.07 Å². The van der Waals surface area contributed by atoms with Crippen molar-refractivity contribution in [2.24, 2.45) is 0 Å². The number of benzene rings is 1. The Morgan fingerprint density at radius 1 is 1.38 bits per heavy atom. The SMILES string of the molecule is CCOc1cc(NCc2nc(C)c(C)o2)cc([N+](=O)[O-])c1. The minimum atomic E-state index is -0.451. The highest BCUT2D eigenvalue weighted by atomic mass is 16.6. The van der Waals surface area contributed by atoms with Gasteiger partial charge in [0.2, 0.25) is 5.89 Å². The molecule has 0 radical (unpaired) electrons. The van der Waals surface area contributed by atoms with Crippen LogP contribution in [0, 0.1) is 24.0 Å². The van der Waals surface area contributed by atoms with Crippen molar-refractivity contribution >= 4 is 11.4 Å². The van der Waals surface area contributed by atoms with Crippen molar-refractivity contribution in [2.45, 2.75) is 27.3 Å². The number of aryl methyl sites for hydroxylation is 2. The van der Waals surface area contributed by atoms with E-state index in [1.807, 2.05) is 20.8 Å². The molecule has 7 heteroatoms. The zero-order valence-electron chi connectivity index (χ0n) is 12.2. The fourth-order valence-corrected chi connectivity index (χ4v) is 1.83. The Labute approximate surface area is 122 Å². The van der Waals surface area contributed by atoms with Crippen LogP contribution in [0.2, 0.25) is 0 Å². The molecule has 0 aliphatic carbocycles. The number of ether oxygens (including phenoxy) is 1. The Bertz CT molecular complexity index is 632. The number of non-ortho nitro benzene ring substituents is 1. The van der Waals surface area contributed by atoms with Crippen LogP contribution in [0.5, 0.6) is 5.75 Å². The first-order valence-corrected chi connectivity index (χ1v) is 6.58. The number of nitro groups is 1. The first-order valence-electron chi connectivity index (χ1n) is 6.58. The van der Waals surface area contributed by atoms with Gasteiger partial charge in [-0.2, -0.15) is 0 Å². The number of nitrogens with zero attached hydrogens (tertiary/aromatic N) is 2. The molecule has 0 bridgehead atoms. The number of oxazole rings is 1. The van der Waals surface area contributed by atoms with Crippen LogP contribution in [0.1, 0.15) is 24.3 Å². The van der Waals surface area contributed by atoms with Crippen LogP contribution in [-0.4, -0.2) is 16.5 Å². The van der Waals surface area contributed by atoms with Crippen molar-refractivity contribution in [2.75, 3.05) is 11.9 Å². The second-order valence-corrected chi connectivity index (χ2v) is 4.51. The van der Waals surface area contributed by atoms with E-state index in [0.717, 1.165) is 11.5 Å². The molecule has 1 N–H and O–H groups in total. The molecule has 7 nitrogen and oxygen atoms in total. The summed E-state index contributed by atoms with van der Waals surface area (Å²) in [6, 6.07) is 4.55. The van der Waals surface area contributed by atoms with Crippen LogP contribution in [0.3, 0.4) is 0 Å². The normalized spacial score (nSPS) is 10.4.